The molecule has 2 N–H and O–H groups in total. The number of carbonyl (C=O) groups is 1. The highest BCUT2D eigenvalue weighted by atomic mass is 16.6. The van der Waals surface area contributed by atoms with Gasteiger partial charge in [-0.3, -0.25) is 10.1 Å². The molecule has 0 aliphatic carbocycles. The van der Waals surface area contributed by atoms with Crippen LogP contribution in [0.15, 0.2) is 18.2 Å². The number of hydrogen-bond acceptors (Lipinski definition) is 4. The normalized spacial score (nSPS) is 19.0. The topological polar surface area (TPSA) is 95.7 Å². The van der Waals surface area contributed by atoms with Crippen LogP contribution in [0, 0.1) is 17.0 Å². The number of nitro groups is 1. The van der Waals surface area contributed by atoms with Gasteiger partial charge in [-0.2, -0.15) is 0 Å². The summed E-state index contributed by atoms with van der Waals surface area (Å²) < 4.78 is 0. The molecule has 120 valence electrons. The molecule has 0 saturated carbocycles. The van der Waals surface area contributed by atoms with Crippen LogP contribution in [-0.2, 0) is 0 Å². The fourth-order valence-corrected chi connectivity index (χ4v) is 2.74. The highest BCUT2D eigenvalue weighted by Crippen LogP contribution is 2.24. The van der Waals surface area contributed by atoms with Crippen molar-refractivity contribution in [3.8, 4) is 0 Å². The van der Waals surface area contributed by atoms with Crippen LogP contribution < -0.4 is 5.32 Å². The van der Waals surface area contributed by atoms with E-state index in [1.165, 1.54) is 6.07 Å². The molecule has 7 heteroatoms. The largest absolute Gasteiger partial charge is 0.394 e. The molecule has 0 aromatic heterocycles. The predicted molar refractivity (Wildman–Crippen MR) is 81.6 cm³/mol. The van der Waals surface area contributed by atoms with Crippen molar-refractivity contribution in [1.29, 1.82) is 0 Å². The lowest BCUT2D eigenvalue weighted by atomic mass is 10.0. The van der Waals surface area contributed by atoms with Crippen LogP contribution in [0.1, 0.15) is 36.9 Å². The number of nitrogens with one attached hydrogen (secondary N) is 1. The number of urea groups is 1. The van der Waals surface area contributed by atoms with E-state index in [9.17, 15) is 20.0 Å². The van der Waals surface area contributed by atoms with Gasteiger partial charge in [-0.05, 0) is 32.3 Å². The molecule has 1 saturated heterocycles. The number of aryl methyl sites for hydroxylation is 1. The Labute approximate surface area is 129 Å². The monoisotopic (exact) mass is 307 g/mol. The molecule has 0 spiro atoms. The molecular weight excluding hydrogens is 286 g/mol. The van der Waals surface area contributed by atoms with Crippen LogP contribution in [0.4, 0.5) is 10.5 Å². The van der Waals surface area contributed by atoms with Gasteiger partial charge in [-0.15, -0.1) is 0 Å². The number of rotatable bonds is 4. The average Bonchev–Trinajstić information content (AvgIpc) is 2.95. The number of nitrogens with zero attached hydrogens (tertiary/aromatic N) is 2. The summed E-state index contributed by atoms with van der Waals surface area (Å²) in [6, 6.07) is 4.23. The summed E-state index contributed by atoms with van der Waals surface area (Å²) in [5.74, 6) is 0. The van der Waals surface area contributed by atoms with Crippen LogP contribution in [0.25, 0.3) is 0 Å². The molecule has 0 bridgehead atoms. The maximum absolute atomic E-state index is 12.3. The van der Waals surface area contributed by atoms with E-state index in [0.29, 0.717) is 17.7 Å². The van der Waals surface area contributed by atoms with Gasteiger partial charge >= 0.3 is 6.03 Å². The summed E-state index contributed by atoms with van der Waals surface area (Å²) in [7, 11) is 0. The Bertz CT molecular complexity index is 576. The lowest BCUT2D eigenvalue weighted by Gasteiger charge is -2.25. The Morgan fingerprint density at radius 1 is 1.59 bits per heavy atom. The molecule has 2 rings (SSSR count). The second kappa shape index (κ2) is 6.74. The number of aliphatic hydroxyl groups excluding tert-OH is 1. The maximum Gasteiger partial charge on any atom is 0.318 e. The Morgan fingerprint density at radius 3 is 2.95 bits per heavy atom. The van der Waals surface area contributed by atoms with Gasteiger partial charge in [0.05, 0.1) is 23.6 Å². The lowest BCUT2D eigenvalue weighted by molar-refractivity contribution is -0.385. The Balaban J connectivity index is 2.09. The van der Waals surface area contributed by atoms with E-state index in [-0.39, 0.29) is 30.4 Å². The summed E-state index contributed by atoms with van der Waals surface area (Å²) in [5.41, 5.74) is 1.32. The molecule has 1 heterocycles. The summed E-state index contributed by atoms with van der Waals surface area (Å²) in [4.78, 5) is 24.4. The van der Waals surface area contributed by atoms with Crippen LogP contribution in [0.3, 0.4) is 0 Å². The van der Waals surface area contributed by atoms with E-state index >= 15 is 0 Å². The molecule has 0 radical (unpaired) electrons. The molecule has 22 heavy (non-hydrogen) atoms. The third kappa shape index (κ3) is 3.36. The SMILES string of the molecule is Cc1ccc(C(C)NC(=O)N2CCC[C@@H]2CO)cc1[N+](=O)[O-]. The van der Waals surface area contributed by atoms with Crippen molar-refractivity contribution in [1.82, 2.24) is 10.2 Å². The molecular formula is C15H21N3O4. The highest BCUT2D eigenvalue weighted by Gasteiger charge is 2.29. The van der Waals surface area contributed by atoms with Gasteiger partial charge in [-0.25, -0.2) is 4.79 Å². The molecule has 1 aromatic rings. The van der Waals surface area contributed by atoms with Crippen molar-refractivity contribution in [2.75, 3.05) is 13.2 Å². The number of nitro benzene ring substituents is 1. The summed E-state index contributed by atoms with van der Waals surface area (Å²) in [6.45, 7) is 4.05. The first-order valence-electron chi connectivity index (χ1n) is 7.37. The van der Waals surface area contributed by atoms with Crippen molar-refractivity contribution in [2.45, 2.75) is 38.8 Å². The number of benzene rings is 1. The second-order valence-corrected chi connectivity index (χ2v) is 5.65. The van der Waals surface area contributed by atoms with Crippen LogP contribution >= 0.6 is 0 Å². The number of hydrogen-bond donors (Lipinski definition) is 2. The number of amides is 2. The van der Waals surface area contributed by atoms with Crippen molar-refractivity contribution in [2.24, 2.45) is 0 Å². The zero-order chi connectivity index (χ0) is 16.3. The standard InChI is InChI=1S/C15H21N3O4/c1-10-5-6-12(8-14(10)18(21)22)11(2)16-15(20)17-7-3-4-13(17)9-19/h5-6,8,11,13,19H,3-4,7,9H2,1-2H3,(H,16,20)/t11?,13-/m1/s1. The van der Waals surface area contributed by atoms with Crippen molar-refractivity contribution >= 4 is 11.7 Å². The summed E-state index contributed by atoms with van der Waals surface area (Å²) in [6.07, 6.45) is 1.68. The number of aliphatic hydroxyl groups is 1. The van der Waals surface area contributed by atoms with Gasteiger partial charge in [0.1, 0.15) is 0 Å². The van der Waals surface area contributed by atoms with E-state index in [1.807, 2.05) is 0 Å². The second-order valence-electron chi connectivity index (χ2n) is 5.65. The highest BCUT2D eigenvalue weighted by molar-refractivity contribution is 5.75. The van der Waals surface area contributed by atoms with E-state index in [0.717, 1.165) is 12.8 Å². The first-order chi connectivity index (χ1) is 10.4. The quantitative estimate of drug-likeness (QED) is 0.658. The van der Waals surface area contributed by atoms with Crippen LogP contribution in [0.2, 0.25) is 0 Å². The molecule has 1 fully saturated rings. The molecule has 2 amide bonds. The predicted octanol–water partition coefficient (Wildman–Crippen LogP) is 2.13. The maximum atomic E-state index is 12.3. The molecule has 2 atom stereocenters. The minimum atomic E-state index is -0.421. The minimum absolute atomic E-state index is 0.0438. The van der Waals surface area contributed by atoms with Crippen molar-refractivity contribution < 1.29 is 14.8 Å². The first kappa shape index (κ1) is 16.2. The first-order valence-corrected chi connectivity index (χ1v) is 7.37. The van der Waals surface area contributed by atoms with Gasteiger partial charge in [0.25, 0.3) is 5.69 Å². The average molecular weight is 307 g/mol. The Kier molecular flexibility index (Phi) is 4.97. The Hall–Kier alpha value is -2.15. The van der Waals surface area contributed by atoms with E-state index in [4.69, 9.17) is 0 Å². The van der Waals surface area contributed by atoms with Crippen molar-refractivity contribution in [3.05, 3.63) is 39.4 Å². The van der Waals surface area contributed by atoms with E-state index < -0.39 is 4.92 Å². The zero-order valence-electron chi connectivity index (χ0n) is 12.8. The third-order valence-corrected chi connectivity index (χ3v) is 4.12. The zero-order valence-corrected chi connectivity index (χ0v) is 12.8. The van der Waals surface area contributed by atoms with E-state index in [1.54, 1.807) is 30.9 Å². The molecule has 1 aliphatic rings. The van der Waals surface area contributed by atoms with Gasteiger partial charge in [0.15, 0.2) is 0 Å². The van der Waals surface area contributed by atoms with Crippen molar-refractivity contribution in [3.63, 3.8) is 0 Å². The molecule has 1 aromatic carbocycles. The van der Waals surface area contributed by atoms with Crippen LogP contribution in [-0.4, -0.2) is 40.2 Å². The fraction of sp³-hybridized carbons (Fsp3) is 0.533. The molecule has 1 aliphatic heterocycles. The summed E-state index contributed by atoms with van der Waals surface area (Å²) >= 11 is 0. The van der Waals surface area contributed by atoms with Gasteiger partial charge in [0.2, 0.25) is 0 Å². The fourth-order valence-electron chi connectivity index (χ4n) is 2.74. The Morgan fingerprint density at radius 2 is 2.32 bits per heavy atom. The number of likely N-dealkylation sites (tertiary alicyclic amines) is 1. The van der Waals surface area contributed by atoms with Gasteiger partial charge in [-0.1, -0.05) is 12.1 Å². The van der Waals surface area contributed by atoms with Gasteiger partial charge in [0, 0.05) is 18.2 Å². The van der Waals surface area contributed by atoms with Gasteiger partial charge < -0.3 is 15.3 Å². The third-order valence-electron chi connectivity index (χ3n) is 4.12. The molecule has 7 nitrogen and oxygen atoms in total. The van der Waals surface area contributed by atoms with E-state index in [2.05, 4.69) is 5.32 Å². The molecule has 1 unspecified atom stereocenters. The smallest absolute Gasteiger partial charge is 0.318 e. The summed E-state index contributed by atoms with van der Waals surface area (Å²) in [5, 5.41) is 23.1. The van der Waals surface area contributed by atoms with Crippen LogP contribution in [0.5, 0.6) is 0 Å². The number of carbonyl (C=O) groups excluding carboxylic acids is 1. The minimum Gasteiger partial charge on any atom is -0.394 e. The lowest BCUT2D eigenvalue weighted by Crippen LogP contribution is -2.44.